The lowest BCUT2D eigenvalue weighted by Crippen LogP contribution is -2.37. The summed E-state index contributed by atoms with van der Waals surface area (Å²) in [7, 11) is 2.00. The normalized spacial score (nSPS) is 15.3. The number of hydrogen-bond acceptors (Lipinski definition) is 3. The van der Waals surface area contributed by atoms with Gasteiger partial charge in [0.15, 0.2) is 0 Å². The first-order valence-corrected chi connectivity index (χ1v) is 8.52. The molecule has 0 bridgehead atoms. The number of carbonyl (C=O) groups excluding carboxylic acids is 1. The van der Waals surface area contributed by atoms with Crippen molar-refractivity contribution in [2.24, 2.45) is 0 Å². The Morgan fingerprint density at radius 1 is 1.17 bits per heavy atom. The van der Waals surface area contributed by atoms with Crippen molar-refractivity contribution in [2.75, 3.05) is 31.6 Å². The van der Waals surface area contributed by atoms with Gasteiger partial charge in [-0.3, -0.25) is 9.69 Å². The van der Waals surface area contributed by atoms with Gasteiger partial charge in [-0.2, -0.15) is 0 Å². The zero-order chi connectivity index (χ0) is 16.5. The largest absolute Gasteiger partial charge is 0.493 e. The quantitative estimate of drug-likeness (QED) is 0.867. The second-order valence-electron chi connectivity index (χ2n) is 6.64. The van der Waals surface area contributed by atoms with Crippen LogP contribution in [0.4, 0.5) is 5.69 Å². The third-order valence-electron chi connectivity index (χ3n) is 4.80. The molecule has 0 N–H and O–H groups in total. The van der Waals surface area contributed by atoms with E-state index in [1.807, 2.05) is 36.2 Å². The van der Waals surface area contributed by atoms with Crippen LogP contribution in [-0.2, 0) is 24.2 Å². The highest BCUT2D eigenvalue weighted by molar-refractivity contribution is 5.96. The van der Waals surface area contributed by atoms with Gasteiger partial charge in [0.05, 0.1) is 13.2 Å². The van der Waals surface area contributed by atoms with E-state index in [0.29, 0.717) is 6.54 Å². The standard InChI is InChI=1S/C20H22N2O2/c1-21(13-15-6-7-19-17(12-15)9-11-24-19)14-20(23)22-10-8-16-4-2-3-5-18(16)22/h2-7,12H,8-11,13-14H2,1H3. The summed E-state index contributed by atoms with van der Waals surface area (Å²) >= 11 is 0. The lowest BCUT2D eigenvalue weighted by Gasteiger charge is -2.22. The molecule has 0 spiro atoms. The number of ether oxygens (including phenoxy) is 1. The van der Waals surface area contributed by atoms with Gasteiger partial charge in [0.25, 0.3) is 0 Å². The smallest absolute Gasteiger partial charge is 0.241 e. The van der Waals surface area contributed by atoms with E-state index in [9.17, 15) is 4.79 Å². The van der Waals surface area contributed by atoms with Crippen molar-refractivity contribution in [2.45, 2.75) is 19.4 Å². The lowest BCUT2D eigenvalue weighted by molar-refractivity contribution is -0.119. The average Bonchev–Trinajstić information content (AvgIpc) is 3.20. The van der Waals surface area contributed by atoms with Gasteiger partial charge in [0.2, 0.25) is 5.91 Å². The average molecular weight is 322 g/mol. The van der Waals surface area contributed by atoms with E-state index in [2.05, 4.69) is 23.1 Å². The van der Waals surface area contributed by atoms with Crippen LogP contribution in [0.3, 0.4) is 0 Å². The summed E-state index contributed by atoms with van der Waals surface area (Å²) in [6.45, 7) is 2.78. The molecule has 1 amide bonds. The SMILES string of the molecule is CN(CC(=O)N1CCc2ccccc21)Cc1ccc2c(c1)CCO2. The highest BCUT2D eigenvalue weighted by Gasteiger charge is 2.24. The number of nitrogens with zero attached hydrogens (tertiary/aromatic N) is 2. The molecule has 0 saturated heterocycles. The van der Waals surface area contributed by atoms with Gasteiger partial charge in [-0.15, -0.1) is 0 Å². The molecule has 0 aliphatic carbocycles. The number of para-hydroxylation sites is 1. The van der Waals surface area contributed by atoms with Crippen molar-refractivity contribution in [3.05, 3.63) is 59.2 Å². The molecular formula is C20H22N2O2. The van der Waals surface area contributed by atoms with Crippen LogP contribution in [0.25, 0.3) is 0 Å². The van der Waals surface area contributed by atoms with E-state index in [-0.39, 0.29) is 5.91 Å². The van der Waals surface area contributed by atoms with Crippen LogP contribution in [0.1, 0.15) is 16.7 Å². The molecule has 2 aliphatic rings. The molecular weight excluding hydrogens is 300 g/mol. The van der Waals surface area contributed by atoms with Crippen molar-refractivity contribution in [3.8, 4) is 5.75 Å². The summed E-state index contributed by atoms with van der Waals surface area (Å²) in [6.07, 6.45) is 1.94. The van der Waals surface area contributed by atoms with Crippen LogP contribution in [-0.4, -0.2) is 37.6 Å². The zero-order valence-electron chi connectivity index (χ0n) is 14.0. The number of rotatable bonds is 4. The number of amides is 1. The van der Waals surface area contributed by atoms with Crippen LogP contribution >= 0.6 is 0 Å². The van der Waals surface area contributed by atoms with E-state index >= 15 is 0 Å². The zero-order valence-corrected chi connectivity index (χ0v) is 14.0. The number of benzene rings is 2. The van der Waals surface area contributed by atoms with E-state index < -0.39 is 0 Å². The Bertz CT molecular complexity index is 772. The first kappa shape index (κ1) is 15.2. The highest BCUT2D eigenvalue weighted by Crippen LogP contribution is 2.28. The number of likely N-dealkylation sites (N-methyl/N-ethyl adjacent to an activating group) is 1. The predicted octanol–water partition coefficient (Wildman–Crippen LogP) is 2.64. The van der Waals surface area contributed by atoms with Gasteiger partial charge in [-0.1, -0.05) is 30.3 Å². The van der Waals surface area contributed by atoms with Crippen LogP contribution in [0.15, 0.2) is 42.5 Å². The van der Waals surface area contributed by atoms with Gasteiger partial charge in [0, 0.05) is 25.2 Å². The Balaban J connectivity index is 1.39. The Kier molecular flexibility index (Phi) is 3.98. The number of anilines is 1. The van der Waals surface area contributed by atoms with Crippen molar-refractivity contribution >= 4 is 11.6 Å². The molecule has 4 nitrogen and oxygen atoms in total. The Labute approximate surface area is 142 Å². The molecule has 2 heterocycles. The van der Waals surface area contributed by atoms with E-state index in [1.54, 1.807) is 0 Å². The summed E-state index contributed by atoms with van der Waals surface area (Å²) < 4.78 is 5.55. The molecule has 4 heteroatoms. The van der Waals surface area contributed by atoms with Gasteiger partial charge >= 0.3 is 0 Å². The summed E-state index contributed by atoms with van der Waals surface area (Å²) in [4.78, 5) is 16.7. The van der Waals surface area contributed by atoms with E-state index in [0.717, 1.165) is 44.0 Å². The summed E-state index contributed by atoms with van der Waals surface area (Å²) in [5.74, 6) is 1.18. The first-order valence-electron chi connectivity index (χ1n) is 8.52. The van der Waals surface area contributed by atoms with Crippen LogP contribution in [0.5, 0.6) is 5.75 Å². The van der Waals surface area contributed by atoms with Crippen molar-refractivity contribution in [3.63, 3.8) is 0 Å². The molecule has 24 heavy (non-hydrogen) atoms. The Hall–Kier alpha value is -2.33. The molecule has 0 unspecified atom stereocenters. The van der Waals surface area contributed by atoms with Crippen LogP contribution in [0, 0.1) is 0 Å². The topological polar surface area (TPSA) is 32.8 Å². The molecule has 0 saturated carbocycles. The fraction of sp³-hybridized carbons (Fsp3) is 0.350. The molecule has 2 aliphatic heterocycles. The van der Waals surface area contributed by atoms with Gasteiger partial charge in [-0.05, 0) is 42.3 Å². The second kappa shape index (κ2) is 6.29. The van der Waals surface area contributed by atoms with Crippen molar-refractivity contribution in [1.82, 2.24) is 4.90 Å². The first-order chi connectivity index (χ1) is 11.7. The number of carbonyl (C=O) groups is 1. The minimum absolute atomic E-state index is 0.173. The second-order valence-corrected chi connectivity index (χ2v) is 6.64. The lowest BCUT2D eigenvalue weighted by atomic mass is 10.1. The maximum atomic E-state index is 12.7. The summed E-state index contributed by atoms with van der Waals surface area (Å²) in [5.41, 5.74) is 4.86. The molecule has 2 aromatic carbocycles. The van der Waals surface area contributed by atoms with E-state index in [1.165, 1.54) is 16.7 Å². The summed E-state index contributed by atoms with van der Waals surface area (Å²) in [5, 5.41) is 0. The molecule has 124 valence electrons. The van der Waals surface area contributed by atoms with Crippen molar-refractivity contribution in [1.29, 1.82) is 0 Å². The maximum Gasteiger partial charge on any atom is 0.241 e. The fourth-order valence-corrected chi connectivity index (χ4v) is 3.62. The number of fused-ring (bicyclic) bond motifs is 2. The third-order valence-corrected chi connectivity index (χ3v) is 4.80. The Morgan fingerprint density at radius 3 is 2.96 bits per heavy atom. The van der Waals surface area contributed by atoms with Gasteiger partial charge in [-0.25, -0.2) is 0 Å². The summed E-state index contributed by atoms with van der Waals surface area (Å²) in [6, 6.07) is 14.5. The number of hydrogen-bond donors (Lipinski definition) is 0. The van der Waals surface area contributed by atoms with Crippen LogP contribution < -0.4 is 9.64 Å². The molecule has 0 aromatic heterocycles. The monoisotopic (exact) mass is 322 g/mol. The molecule has 2 aromatic rings. The van der Waals surface area contributed by atoms with Gasteiger partial charge in [0.1, 0.15) is 5.75 Å². The fourth-order valence-electron chi connectivity index (χ4n) is 3.62. The third kappa shape index (κ3) is 2.89. The Morgan fingerprint density at radius 2 is 2.04 bits per heavy atom. The molecule has 0 atom stereocenters. The van der Waals surface area contributed by atoms with E-state index in [4.69, 9.17) is 4.74 Å². The molecule has 0 fully saturated rings. The minimum Gasteiger partial charge on any atom is -0.493 e. The molecule has 4 rings (SSSR count). The van der Waals surface area contributed by atoms with Gasteiger partial charge < -0.3 is 9.64 Å². The minimum atomic E-state index is 0.173. The van der Waals surface area contributed by atoms with Crippen LogP contribution in [0.2, 0.25) is 0 Å². The molecule has 0 radical (unpaired) electrons. The predicted molar refractivity (Wildman–Crippen MR) is 94.5 cm³/mol. The highest BCUT2D eigenvalue weighted by atomic mass is 16.5. The maximum absolute atomic E-state index is 12.7. The van der Waals surface area contributed by atoms with Crippen molar-refractivity contribution < 1.29 is 9.53 Å².